The molecular weight excluding hydrogens is 162 g/mol. The van der Waals surface area contributed by atoms with Crippen molar-refractivity contribution in [3.63, 3.8) is 0 Å². The molecule has 0 bridgehead atoms. The molecule has 0 unspecified atom stereocenters. The first-order valence-corrected chi connectivity index (χ1v) is 4.48. The fraction of sp³-hybridized carbons (Fsp3) is 0.400. The molecule has 2 N–H and O–H groups in total. The highest BCUT2D eigenvalue weighted by molar-refractivity contribution is 5.95. The maximum absolute atomic E-state index is 5.74. The third kappa shape index (κ3) is 2.86. The highest BCUT2D eigenvalue weighted by atomic mass is 14.9. The molecule has 0 aromatic carbocycles. The zero-order valence-electron chi connectivity index (χ0n) is 8.12. The van der Waals surface area contributed by atoms with Crippen LogP contribution in [0.3, 0.4) is 0 Å². The highest BCUT2D eigenvalue weighted by Gasteiger charge is 1.98. The molecular formula is C10H15N3. The van der Waals surface area contributed by atoms with Crippen LogP contribution < -0.4 is 5.73 Å². The van der Waals surface area contributed by atoms with Crippen molar-refractivity contribution in [3.05, 3.63) is 29.6 Å². The van der Waals surface area contributed by atoms with Crippen molar-refractivity contribution in [2.75, 3.05) is 6.54 Å². The molecule has 0 aliphatic rings. The smallest absolute Gasteiger partial charge is 0.144 e. The molecule has 3 heteroatoms. The summed E-state index contributed by atoms with van der Waals surface area (Å²) >= 11 is 0. The van der Waals surface area contributed by atoms with Gasteiger partial charge in [-0.15, -0.1) is 0 Å². The average molecular weight is 177 g/mol. The molecule has 0 spiro atoms. The number of pyridine rings is 1. The van der Waals surface area contributed by atoms with Gasteiger partial charge in [0.1, 0.15) is 11.5 Å². The number of aliphatic imine (C=N–C) groups is 1. The molecule has 1 aromatic heterocycles. The summed E-state index contributed by atoms with van der Waals surface area (Å²) in [6, 6.07) is 5.75. The Morgan fingerprint density at radius 1 is 1.54 bits per heavy atom. The Balaban J connectivity index is 2.82. The third-order valence-corrected chi connectivity index (χ3v) is 1.66. The summed E-state index contributed by atoms with van der Waals surface area (Å²) in [4.78, 5) is 8.46. The number of rotatable bonds is 3. The molecule has 0 atom stereocenters. The van der Waals surface area contributed by atoms with E-state index in [9.17, 15) is 0 Å². The lowest BCUT2D eigenvalue weighted by Crippen LogP contribution is -2.16. The number of aryl methyl sites for hydroxylation is 1. The van der Waals surface area contributed by atoms with E-state index in [0.29, 0.717) is 5.84 Å². The number of hydrogen-bond acceptors (Lipinski definition) is 2. The second-order valence-electron chi connectivity index (χ2n) is 2.93. The Kier molecular flexibility index (Phi) is 3.43. The monoisotopic (exact) mass is 177 g/mol. The highest BCUT2D eigenvalue weighted by Crippen LogP contribution is 1.97. The molecule has 0 fully saturated rings. The molecule has 1 heterocycles. The van der Waals surface area contributed by atoms with Gasteiger partial charge in [0.15, 0.2) is 0 Å². The van der Waals surface area contributed by atoms with Gasteiger partial charge in [-0.25, -0.2) is 4.98 Å². The van der Waals surface area contributed by atoms with E-state index < -0.39 is 0 Å². The van der Waals surface area contributed by atoms with Crippen LogP contribution in [-0.4, -0.2) is 17.4 Å². The van der Waals surface area contributed by atoms with Crippen molar-refractivity contribution in [1.82, 2.24) is 4.98 Å². The maximum atomic E-state index is 5.74. The van der Waals surface area contributed by atoms with Crippen LogP contribution in [0.2, 0.25) is 0 Å². The molecule has 0 aliphatic carbocycles. The van der Waals surface area contributed by atoms with Crippen LogP contribution in [0, 0.1) is 6.92 Å². The molecule has 0 aliphatic heterocycles. The molecule has 13 heavy (non-hydrogen) atoms. The largest absolute Gasteiger partial charge is 0.382 e. The van der Waals surface area contributed by atoms with Crippen molar-refractivity contribution in [3.8, 4) is 0 Å². The summed E-state index contributed by atoms with van der Waals surface area (Å²) < 4.78 is 0. The Labute approximate surface area is 78.7 Å². The van der Waals surface area contributed by atoms with Crippen molar-refractivity contribution in [1.29, 1.82) is 0 Å². The Hall–Kier alpha value is -1.38. The SMILES string of the molecule is CCCN=C(N)c1cccc(C)n1. The van der Waals surface area contributed by atoms with Gasteiger partial charge < -0.3 is 5.73 Å². The van der Waals surface area contributed by atoms with Crippen LogP contribution in [0.1, 0.15) is 24.7 Å². The standard InChI is InChI=1S/C10H15N3/c1-3-7-12-10(11)9-6-4-5-8(2)13-9/h4-6H,3,7H2,1-2H3,(H2,11,12). The zero-order chi connectivity index (χ0) is 9.68. The van der Waals surface area contributed by atoms with Crippen LogP contribution >= 0.6 is 0 Å². The van der Waals surface area contributed by atoms with E-state index in [0.717, 1.165) is 24.4 Å². The van der Waals surface area contributed by atoms with Crippen molar-refractivity contribution < 1.29 is 0 Å². The van der Waals surface area contributed by atoms with Gasteiger partial charge in [0, 0.05) is 12.2 Å². The number of aromatic nitrogens is 1. The minimum Gasteiger partial charge on any atom is -0.382 e. The summed E-state index contributed by atoms with van der Waals surface area (Å²) in [7, 11) is 0. The number of nitrogens with two attached hydrogens (primary N) is 1. The predicted octanol–water partition coefficient (Wildman–Crippen LogP) is 1.51. The van der Waals surface area contributed by atoms with Crippen LogP contribution in [0.25, 0.3) is 0 Å². The van der Waals surface area contributed by atoms with Crippen molar-refractivity contribution in [2.45, 2.75) is 20.3 Å². The van der Waals surface area contributed by atoms with E-state index in [-0.39, 0.29) is 0 Å². The lowest BCUT2D eigenvalue weighted by molar-refractivity contribution is 0.928. The topological polar surface area (TPSA) is 51.3 Å². The van der Waals surface area contributed by atoms with Crippen LogP contribution in [0.4, 0.5) is 0 Å². The summed E-state index contributed by atoms with van der Waals surface area (Å²) in [6.45, 7) is 4.78. The van der Waals surface area contributed by atoms with Gasteiger partial charge >= 0.3 is 0 Å². The summed E-state index contributed by atoms with van der Waals surface area (Å²) in [5.74, 6) is 0.533. The van der Waals surface area contributed by atoms with Crippen LogP contribution in [0.5, 0.6) is 0 Å². The Morgan fingerprint density at radius 3 is 2.92 bits per heavy atom. The molecule has 0 radical (unpaired) electrons. The zero-order valence-corrected chi connectivity index (χ0v) is 8.12. The molecule has 0 saturated carbocycles. The lowest BCUT2D eigenvalue weighted by Gasteiger charge is -2.00. The third-order valence-electron chi connectivity index (χ3n) is 1.66. The molecule has 0 saturated heterocycles. The second kappa shape index (κ2) is 4.60. The van der Waals surface area contributed by atoms with Gasteiger partial charge in [0.25, 0.3) is 0 Å². The van der Waals surface area contributed by atoms with Crippen molar-refractivity contribution >= 4 is 5.84 Å². The average Bonchev–Trinajstić information content (AvgIpc) is 2.14. The minimum absolute atomic E-state index is 0.533. The molecule has 1 rings (SSSR count). The fourth-order valence-electron chi connectivity index (χ4n) is 0.999. The Bertz CT molecular complexity index is 305. The van der Waals surface area contributed by atoms with Gasteiger partial charge in [0.05, 0.1) is 0 Å². The van der Waals surface area contributed by atoms with E-state index in [1.807, 2.05) is 25.1 Å². The Morgan fingerprint density at radius 2 is 2.31 bits per heavy atom. The van der Waals surface area contributed by atoms with Crippen molar-refractivity contribution in [2.24, 2.45) is 10.7 Å². The van der Waals surface area contributed by atoms with Gasteiger partial charge in [-0.1, -0.05) is 13.0 Å². The first-order valence-electron chi connectivity index (χ1n) is 4.48. The summed E-state index contributed by atoms with van der Waals surface area (Å²) in [5, 5.41) is 0. The predicted molar refractivity (Wildman–Crippen MR) is 54.9 cm³/mol. The van der Waals surface area contributed by atoms with Gasteiger partial charge in [-0.05, 0) is 25.5 Å². The van der Waals surface area contributed by atoms with E-state index in [1.54, 1.807) is 0 Å². The van der Waals surface area contributed by atoms with E-state index >= 15 is 0 Å². The second-order valence-corrected chi connectivity index (χ2v) is 2.93. The maximum Gasteiger partial charge on any atom is 0.144 e. The first-order chi connectivity index (χ1) is 6.24. The van der Waals surface area contributed by atoms with Crippen LogP contribution in [-0.2, 0) is 0 Å². The van der Waals surface area contributed by atoms with E-state index in [1.165, 1.54) is 0 Å². The number of nitrogens with zero attached hydrogens (tertiary/aromatic N) is 2. The molecule has 1 aromatic rings. The van der Waals surface area contributed by atoms with Gasteiger partial charge in [-0.2, -0.15) is 0 Å². The minimum atomic E-state index is 0.533. The van der Waals surface area contributed by atoms with Gasteiger partial charge in [-0.3, -0.25) is 4.99 Å². The molecule has 0 amide bonds. The van der Waals surface area contributed by atoms with E-state index in [4.69, 9.17) is 5.73 Å². The van der Waals surface area contributed by atoms with E-state index in [2.05, 4.69) is 16.9 Å². The van der Waals surface area contributed by atoms with Crippen LogP contribution in [0.15, 0.2) is 23.2 Å². The molecule has 70 valence electrons. The molecule has 3 nitrogen and oxygen atoms in total. The number of amidine groups is 1. The fourth-order valence-corrected chi connectivity index (χ4v) is 0.999. The quantitative estimate of drug-likeness (QED) is 0.562. The summed E-state index contributed by atoms with van der Waals surface area (Å²) in [6.07, 6.45) is 1.01. The summed E-state index contributed by atoms with van der Waals surface area (Å²) in [5.41, 5.74) is 7.47. The first kappa shape index (κ1) is 9.71. The normalized spacial score (nSPS) is 11.7. The lowest BCUT2D eigenvalue weighted by atomic mass is 10.3. The number of hydrogen-bond donors (Lipinski definition) is 1. The van der Waals surface area contributed by atoms with Gasteiger partial charge in [0.2, 0.25) is 0 Å².